The van der Waals surface area contributed by atoms with Gasteiger partial charge in [-0.15, -0.1) is 0 Å². The lowest BCUT2D eigenvalue weighted by Crippen LogP contribution is -2.60. The lowest BCUT2D eigenvalue weighted by atomic mass is 9.99. The molecule has 0 radical (unpaired) electrons. The molecule has 4 N–H and O–H groups in total. The number of rotatable bonds is 48. The van der Waals surface area contributed by atoms with E-state index in [0.717, 1.165) is 38.5 Å². The Morgan fingerprint density at radius 3 is 1.36 bits per heavy atom. The topological polar surface area (TPSA) is 178 Å². The van der Waals surface area contributed by atoms with Crippen LogP contribution in [0.4, 0.5) is 0 Å². The quantitative estimate of drug-likeness (QED) is 0.0197. The Hall–Kier alpha value is -1.42. The van der Waals surface area contributed by atoms with Crippen LogP contribution in [0.2, 0.25) is 0 Å². The summed E-state index contributed by atoms with van der Waals surface area (Å²) in [5, 5.41) is 30.8. The van der Waals surface area contributed by atoms with Gasteiger partial charge in [-0.05, 0) is 64.2 Å². The molecule has 1 saturated heterocycles. The molecule has 1 fully saturated rings. The number of ether oxygens (including phenoxy) is 4. The molecule has 0 aromatic carbocycles. The number of carbonyl (C=O) groups excluding carboxylic acids is 1. The van der Waals surface area contributed by atoms with Crippen LogP contribution in [0.1, 0.15) is 245 Å². The minimum absolute atomic E-state index is 0.0363. The highest BCUT2D eigenvalue weighted by molar-refractivity contribution is 7.80. The van der Waals surface area contributed by atoms with Crippen molar-refractivity contribution in [2.75, 3.05) is 26.4 Å². The molecule has 1 rings (SSSR count). The third-order valence-electron chi connectivity index (χ3n) is 12.5. The zero-order valence-electron chi connectivity index (χ0n) is 42.0. The molecule has 1 aliphatic heterocycles. The Morgan fingerprint density at radius 1 is 0.561 bits per heavy atom. The van der Waals surface area contributed by atoms with Gasteiger partial charge in [0, 0.05) is 13.0 Å². The number of unbranched alkanes of at least 4 members (excludes halogenated alkanes) is 31. The molecule has 1 aliphatic rings. The van der Waals surface area contributed by atoms with E-state index in [4.69, 9.17) is 18.9 Å². The van der Waals surface area contributed by atoms with Crippen LogP contribution in [0.5, 0.6) is 0 Å². The van der Waals surface area contributed by atoms with Crippen LogP contribution in [0, 0.1) is 0 Å². The molecule has 0 spiro atoms. The van der Waals surface area contributed by atoms with Crippen molar-refractivity contribution < 1.29 is 56.2 Å². The molecular weight excluding hydrogens is 861 g/mol. The van der Waals surface area contributed by atoms with Crippen molar-refractivity contribution in [3.63, 3.8) is 0 Å². The zero-order chi connectivity index (χ0) is 48.2. The summed E-state index contributed by atoms with van der Waals surface area (Å²) in [5.74, 6) is -0.399. The van der Waals surface area contributed by atoms with Gasteiger partial charge < -0.3 is 34.3 Å². The van der Waals surface area contributed by atoms with Gasteiger partial charge in [-0.25, -0.2) is 4.18 Å². The fourth-order valence-corrected chi connectivity index (χ4v) is 8.94. The average Bonchev–Trinajstić information content (AvgIpc) is 3.29. The molecule has 6 atom stereocenters. The Kier molecular flexibility index (Phi) is 42.5. The monoisotopic (exact) mass is 961 g/mol. The summed E-state index contributed by atoms with van der Waals surface area (Å²) < 4.78 is 59.3. The largest absolute Gasteiger partial charge is 0.457 e. The number of hydrogen-bond donors (Lipinski definition) is 4. The number of aliphatic hydroxyl groups excluding tert-OH is 3. The minimum Gasteiger partial charge on any atom is -0.457 e. The number of hydrogen-bond acceptors (Lipinski definition) is 11. The van der Waals surface area contributed by atoms with Crippen LogP contribution in [-0.2, 0) is 38.3 Å². The lowest BCUT2D eigenvalue weighted by Gasteiger charge is -2.41. The number of esters is 1. The highest BCUT2D eigenvalue weighted by Crippen LogP contribution is 2.26. The molecule has 12 nitrogen and oxygen atoms in total. The van der Waals surface area contributed by atoms with Gasteiger partial charge in [0.1, 0.15) is 30.5 Å². The predicted octanol–water partition coefficient (Wildman–Crippen LogP) is 12.8. The van der Waals surface area contributed by atoms with E-state index in [1.165, 1.54) is 180 Å². The first-order valence-electron chi connectivity index (χ1n) is 27.1. The third-order valence-corrected chi connectivity index (χ3v) is 13.0. The second kappa shape index (κ2) is 44.8. The van der Waals surface area contributed by atoms with E-state index < -0.39 is 59.8 Å². The van der Waals surface area contributed by atoms with Gasteiger partial charge in [0.05, 0.1) is 19.8 Å². The molecule has 0 saturated carbocycles. The van der Waals surface area contributed by atoms with Gasteiger partial charge in [-0.3, -0.25) is 9.35 Å². The summed E-state index contributed by atoms with van der Waals surface area (Å²) in [6.45, 7) is 4.02. The van der Waals surface area contributed by atoms with Crippen LogP contribution in [0.15, 0.2) is 24.3 Å². The molecule has 0 aromatic rings. The fourth-order valence-electron chi connectivity index (χ4n) is 8.43. The van der Waals surface area contributed by atoms with E-state index in [9.17, 15) is 33.1 Å². The molecule has 390 valence electrons. The molecular formula is C53H100O12S. The molecule has 0 bridgehead atoms. The molecule has 66 heavy (non-hydrogen) atoms. The van der Waals surface area contributed by atoms with E-state index in [0.29, 0.717) is 13.0 Å². The number of carbonyl (C=O) groups is 1. The van der Waals surface area contributed by atoms with Crippen molar-refractivity contribution in [2.45, 2.75) is 282 Å². The first kappa shape index (κ1) is 62.6. The van der Waals surface area contributed by atoms with E-state index in [1.54, 1.807) is 0 Å². The maximum Gasteiger partial charge on any atom is 0.397 e. The van der Waals surface area contributed by atoms with Gasteiger partial charge in [0.2, 0.25) is 0 Å². The van der Waals surface area contributed by atoms with Crippen LogP contribution in [0.25, 0.3) is 0 Å². The van der Waals surface area contributed by atoms with Gasteiger partial charge in [-0.1, -0.05) is 199 Å². The highest BCUT2D eigenvalue weighted by atomic mass is 32.3. The van der Waals surface area contributed by atoms with Crippen LogP contribution >= 0.6 is 0 Å². The molecule has 0 aliphatic carbocycles. The number of allylic oxidation sites excluding steroid dienone is 4. The maximum absolute atomic E-state index is 12.9. The zero-order valence-corrected chi connectivity index (χ0v) is 42.8. The standard InChI is InChI=1S/C53H100O12S/c1-3-5-7-9-11-13-15-17-19-21-23-24-25-26-28-30-32-34-36-38-40-42-49(55)63-47(46-62-53-51(57)52(65-66(58,59)60)50(56)48(44-54)64-53)45-61-43-41-39-37-35-33-31-29-27-22-20-18-16-14-12-10-8-6-4-2/h18,20-21,23,47-48,50-54,56-57H,3-17,19,22,24-46H2,1-2H3,(H,58,59,60)/b20-18-,23-21-. The highest BCUT2D eigenvalue weighted by Gasteiger charge is 2.48. The fraction of sp³-hybridized carbons (Fsp3) is 0.906. The normalized spacial score (nSPS) is 19.6. The first-order valence-corrected chi connectivity index (χ1v) is 28.5. The van der Waals surface area contributed by atoms with Crippen LogP contribution in [0.3, 0.4) is 0 Å². The third kappa shape index (κ3) is 37.5. The molecule has 1 heterocycles. The van der Waals surface area contributed by atoms with Crippen LogP contribution < -0.4 is 0 Å². The van der Waals surface area contributed by atoms with E-state index in [2.05, 4.69) is 42.3 Å². The Labute approximate surface area is 403 Å². The van der Waals surface area contributed by atoms with E-state index in [-0.39, 0.29) is 19.6 Å². The second-order valence-corrected chi connectivity index (χ2v) is 19.9. The summed E-state index contributed by atoms with van der Waals surface area (Å²) in [6.07, 6.45) is 43.5. The Morgan fingerprint density at radius 2 is 0.955 bits per heavy atom. The van der Waals surface area contributed by atoms with Crippen molar-refractivity contribution >= 4 is 16.4 Å². The van der Waals surface area contributed by atoms with Crippen molar-refractivity contribution in [3.8, 4) is 0 Å². The average molecular weight is 961 g/mol. The first-order chi connectivity index (χ1) is 32.1. The van der Waals surface area contributed by atoms with Gasteiger partial charge in [0.25, 0.3) is 0 Å². The van der Waals surface area contributed by atoms with Gasteiger partial charge in [0.15, 0.2) is 6.29 Å². The summed E-state index contributed by atoms with van der Waals surface area (Å²) in [4.78, 5) is 12.9. The van der Waals surface area contributed by atoms with Crippen LogP contribution in [-0.4, -0.2) is 97.5 Å². The summed E-state index contributed by atoms with van der Waals surface area (Å²) in [5.41, 5.74) is 0. The second-order valence-electron chi connectivity index (χ2n) is 18.8. The van der Waals surface area contributed by atoms with Crippen molar-refractivity contribution in [2.24, 2.45) is 0 Å². The Balaban J connectivity index is 2.33. The summed E-state index contributed by atoms with van der Waals surface area (Å²) in [6, 6.07) is 0. The molecule has 0 amide bonds. The lowest BCUT2D eigenvalue weighted by molar-refractivity contribution is -0.301. The van der Waals surface area contributed by atoms with Crippen molar-refractivity contribution in [3.05, 3.63) is 24.3 Å². The SMILES string of the molecule is CCCCCCCC/C=C\CCCCCCCCCCOCC(COC1OC(CO)C(O)C(OS(=O)(=O)O)C1O)OC(=O)CCCCCCCCCCC/C=C\CCCCCCCCCC. The Bertz CT molecular complexity index is 1250. The van der Waals surface area contributed by atoms with Crippen molar-refractivity contribution in [1.82, 2.24) is 0 Å². The molecule has 0 aromatic heterocycles. The summed E-state index contributed by atoms with van der Waals surface area (Å²) in [7, 11) is -5.06. The summed E-state index contributed by atoms with van der Waals surface area (Å²) >= 11 is 0. The molecule has 13 heteroatoms. The minimum atomic E-state index is -5.06. The van der Waals surface area contributed by atoms with Crippen molar-refractivity contribution in [1.29, 1.82) is 0 Å². The van der Waals surface area contributed by atoms with E-state index >= 15 is 0 Å². The predicted molar refractivity (Wildman–Crippen MR) is 267 cm³/mol. The smallest absolute Gasteiger partial charge is 0.397 e. The number of aliphatic hydroxyl groups is 3. The maximum atomic E-state index is 12.9. The van der Waals surface area contributed by atoms with Gasteiger partial charge >= 0.3 is 16.4 Å². The van der Waals surface area contributed by atoms with Gasteiger partial charge in [-0.2, -0.15) is 8.42 Å². The molecule has 6 unspecified atom stereocenters. The van der Waals surface area contributed by atoms with E-state index in [1.807, 2.05) is 0 Å².